The van der Waals surface area contributed by atoms with Crippen molar-refractivity contribution in [2.45, 2.75) is 19.4 Å². The van der Waals surface area contributed by atoms with Gasteiger partial charge in [0.25, 0.3) is 0 Å². The van der Waals surface area contributed by atoms with E-state index in [1.165, 1.54) is 9.99 Å². The highest BCUT2D eigenvalue weighted by molar-refractivity contribution is 14.1. The zero-order valence-electron chi connectivity index (χ0n) is 8.53. The van der Waals surface area contributed by atoms with Crippen molar-refractivity contribution in [1.29, 1.82) is 0 Å². The fourth-order valence-electron chi connectivity index (χ4n) is 1.37. The monoisotopic (exact) mass is 332 g/mol. The van der Waals surface area contributed by atoms with E-state index in [4.69, 9.17) is 0 Å². The molecule has 1 atom stereocenters. The molecule has 0 radical (unpaired) electrons. The molecule has 0 saturated heterocycles. The van der Waals surface area contributed by atoms with E-state index < -0.39 is 0 Å². The second-order valence-electron chi connectivity index (χ2n) is 3.53. The van der Waals surface area contributed by atoms with E-state index in [1.807, 2.05) is 12.1 Å². The second kappa shape index (κ2) is 5.21. The fraction of sp³-hybridized carbons (Fsp3) is 0.364. The lowest BCUT2D eigenvalue weighted by Gasteiger charge is -2.18. The first-order valence-corrected chi connectivity index (χ1v) is 7.04. The lowest BCUT2D eigenvalue weighted by Crippen LogP contribution is -2.18. The Kier molecular flexibility index (Phi) is 3.91. The van der Waals surface area contributed by atoms with Crippen molar-refractivity contribution >= 4 is 45.2 Å². The topological polar surface area (TPSA) is 24.4 Å². The van der Waals surface area contributed by atoms with E-state index in [9.17, 15) is 0 Å². The van der Waals surface area contributed by atoms with Crippen LogP contribution in [0.3, 0.4) is 0 Å². The van der Waals surface area contributed by atoms with Crippen LogP contribution in [0.15, 0.2) is 29.3 Å². The third kappa shape index (κ3) is 3.11. The fourth-order valence-corrected chi connectivity index (χ4v) is 2.99. The lowest BCUT2D eigenvalue weighted by molar-refractivity contribution is 0.720. The summed E-state index contributed by atoms with van der Waals surface area (Å²) in [5, 5.41) is 4.44. The Bertz CT molecular complexity index is 379. The Hall–Kier alpha value is -0.230. The first kappa shape index (κ1) is 11.3. The summed E-state index contributed by atoms with van der Waals surface area (Å²) in [7, 11) is 0. The van der Waals surface area contributed by atoms with Crippen LogP contribution < -0.4 is 5.32 Å². The van der Waals surface area contributed by atoms with Crippen molar-refractivity contribution in [3.8, 4) is 0 Å². The predicted octanol–water partition coefficient (Wildman–Crippen LogP) is 3.58. The molecule has 1 aromatic carbocycles. The Morgan fingerprint density at radius 2 is 2.27 bits per heavy atom. The van der Waals surface area contributed by atoms with Crippen molar-refractivity contribution < 1.29 is 0 Å². The van der Waals surface area contributed by atoms with Gasteiger partial charge in [0.1, 0.15) is 0 Å². The van der Waals surface area contributed by atoms with Crippen LogP contribution in [0.5, 0.6) is 0 Å². The number of aliphatic imine (C=N–C) groups is 1. The summed E-state index contributed by atoms with van der Waals surface area (Å²) in [6, 6.07) is 8.73. The molecule has 0 spiro atoms. The minimum atomic E-state index is 0.454. The molecule has 80 valence electrons. The Morgan fingerprint density at radius 3 is 3.00 bits per heavy atom. The summed E-state index contributed by atoms with van der Waals surface area (Å²) >= 11 is 4.14. The first-order valence-electron chi connectivity index (χ1n) is 4.98. The van der Waals surface area contributed by atoms with E-state index in [2.05, 4.69) is 52.0 Å². The molecular formula is C11H13IN2S. The summed E-state index contributed by atoms with van der Waals surface area (Å²) in [5.41, 5.74) is 1.15. The van der Waals surface area contributed by atoms with Crippen LogP contribution in [0.4, 0.5) is 5.69 Å². The first-order chi connectivity index (χ1) is 7.25. The minimum absolute atomic E-state index is 0.454. The van der Waals surface area contributed by atoms with Gasteiger partial charge in [-0.25, -0.2) is 0 Å². The Labute approximate surface area is 108 Å². The van der Waals surface area contributed by atoms with E-state index in [0.29, 0.717) is 6.04 Å². The van der Waals surface area contributed by atoms with Crippen LogP contribution >= 0.6 is 34.4 Å². The van der Waals surface area contributed by atoms with Crippen molar-refractivity contribution in [3.63, 3.8) is 0 Å². The van der Waals surface area contributed by atoms with E-state index >= 15 is 0 Å². The van der Waals surface area contributed by atoms with Gasteiger partial charge < -0.3 is 5.32 Å². The summed E-state index contributed by atoms with van der Waals surface area (Å²) in [6.07, 6.45) is 1.18. The highest BCUT2D eigenvalue weighted by Gasteiger charge is 2.12. The maximum Gasteiger partial charge on any atom is 0.161 e. The number of benzene rings is 1. The number of nitrogens with zero attached hydrogens (tertiary/aromatic N) is 1. The van der Waals surface area contributed by atoms with Crippen LogP contribution in [0.2, 0.25) is 0 Å². The minimum Gasteiger partial charge on any atom is -0.334 e. The van der Waals surface area contributed by atoms with Crippen molar-refractivity contribution in [3.05, 3.63) is 27.8 Å². The Morgan fingerprint density at radius 1 is 1.47 bits per heavy atom. The van der Waals surface area contributed by atoms with Gasteiger partial charge >= 0.3 is 0 Å². The van der Waals surface area contributed by atoms with Gasteiger partial charge in [0, 0.05) is 9.32 Å². The summed E-state index contributed by atoms with van der Waals surface area (Å²) in [6.45, 7) is 2.16. The number of thioether (sulfide) groups is 1. The highest BCUT2D eigenvalue weighted by Crippen LogP contribution is 2.22. The number of para-hydroxylation sites is 1. The molecule has 15 heavy (non-hydrogen) atoms. The molecule has 0 aromatic heterocycles. The molecule has 1 heterocycles. The van der Waals surface area contributed by atoms with E-state index in [1.54, 1.807) is 11.8 Å². The molecule has 1 N–H and O–H groups in total. The van der Waals surface area contributed by atoms with Crippen LogP contribution in [0, 0.1) is 3.57 Å². The van der Waals surface area contributed by atoms with E-state index in [-0.39, 0.29) is 0 Å². The maximum atomic E-state index is 4.58. The van der Waals surface area contributed by atoms with Gasteiger partial charge in [-0.05, 0) is 48.1 Å². The zero-order valence-corrected chi connectivity index (χ0v) is 11.5. The zero-order chi connectivity index (χ0) is 10.7. The molecular weight excluding hydrogens is 319 g/mol. The highest BCUT2D eigenvalue weighted by atomic mass is 127. The van der Waals surface area contributed by atoms with Gasteiger partial charge in [-0.1, -0.05) is 23.9 Å². The van der Waals surface area contributed by atoms with Gasteiger partial charge in [0.15, 0.2) is 5.17 Å². The molecule has 0 fully saturated rings. The average Bonchev–Trinajstić information content (AvgIpc) is 2.22. The molecule has 0 amide bonds. The van der Waals surface area contributed by atoms with Crippen LogP contribution in [-0.4, -0.2) is 17.0 Å². The molecule has 1 unspecified atom stereocenters. The van der Waals surface area contributed by atoms with Gasteiger partial charge in [0.2, 0.25) is 0 Å². The second-order valence-corrected chi connectivity index (χ2v) is 5.77. The molecule has 4 heteroatoms. The number of hydrogen-bond acceptors (Lipinski definition) is 3. The van der Waals surface area contributed by atoms with Crippen LogP contribution in [0.25, 0.3) is 0 Å². The smallest absolute Gasteiger partial charge is 0.161 e. The molecule has 0 bridgehead atoms. The molecule has 0 saturated carbocycles. The number of nitrogens with one attached hydrogen (secondary N) is 1. The van der Waals surface area contributed by atoms with Crippen molar-refractivity contribution in [1.82, 2.24) is 0 Å². The van der Waals surface area contributed by atoms with Gasteiger partial charge in [-0.15, -0.1) is 0 Å². The van der Waals surface area contributed by atoms with Crippen molar-refractivity contribution in [2.75, 3.05) is 11.1 Å². The van der Waals surface area contributed by atoms with Crippen LogP contribution in [0.1, 0.15) is 13.3 Å². The predicted molar refractivity (Wildman–Crippen MR) is 76.8 cm³/mol. The molecule has 2 rings (SSSR count). The molecule has 1 aliphatic rings. The third-order valence-corrected chi connectivity index (χ3v) is 4.09. The Balaban J connectivity index is 2.12. The number of halogens is 1. The number of hydrogen-bond donors (Lipinski definition) is 1. The quantitative estimate of drug-likeness (QED) is 0.795. The lowest BCUT2D eigenvalue weighted by atomic mass is 10.3. The van der Waals surface area contributed by atoms with Crippen LogP contribution in [-0.2, 0) is 0 Å². The normalized spacial score (nSPS) is 20.9. The molecule has 1 aliphatic heterocycles. The van der Waals surface area contributed by atoms with Gasteiger partial charge in [-0.3, -0.25) is 4.99 Å². The number of amidine groups is 1. The van der Waals surface area contributed by atoms with Crippen molar-refractivity contribution in [2.24, 2.45) is 4.99 Å². The van der Waals surface area contributed by atoms with Gasteiger partial charge in [0.05, 0.1) is 11.7 Å². The summed E-state index contributed by atoms with van der Waals surface area (Å²) in [4.78, 5) is 4.58. The molecule has 1 aromatic rings. The average molecular weight is 332 g/mol. The number of rotatable bonds is 1. The van der Waals surface area contributed by atoms with Gasteiger partial charge in [-0.2, -0.15) is 0 Å². The third-order valence-electron chi connectivity index (χ3n) is 2.23. The standard InChI is InChI=1S/C11H13IN2S/c1-8-6-7-15-11(13-8)14-10-5-3-2-4-9(10)12/h2-5,8H,6-7H2,1H3,(H,13,14). The molecule has 0 aliphatic carbocycles. The largest absolute Gasteiger partial charge is 0.334 e. The van der Waals surface area contributed by atoms with E-state index in [0.717, 1.165) is 16.6 Å². The maximum absolute atomic E-state index is 4.58. The molecule has 2 nitrogen and oxygen atoms in total. The number of anilines is 1. The summed E-state index contributed by atoms with van der Waals surface area (Å²) < 4.78 is 1.23. The summed E-state index contributed by atoms with van der Waals surface area (Å²) in [5.74, 6) is 1.16. The SMILES string of the molecule is CC1CCSC(Nc2ccccc2I)=N1.